The maximum atomic E-state index is 11.3. The van der Waals surface area contributed by atoms with Crippen molar-refractivity contribution in [2.75, 3.05) is 6.61 Å². The molecule has 0 radical (unpaired) electrons. The quantitative estimate of drug-likeness (QED) is 0.436. The van der Waals surface area contributed by atoms with Gasteiger partial charge in [0.1, 0.15) is 11.4 Å². The van der Waals surface area contributed by atoms with Gasteiger partial charge in [-0.15, -0.1) is 0 Å². The Morgan fingerprint density at radius 1 is 1.20 bits per heavy atom. The highest BCUT2D eigenvalue weighted by atomic mass is 16.6. The summed E-state index contributed by atoms with van der Waals surface area (Å²) in [5.41, 5.74) is 0.598. The van der Waals surface area contributed by atoms with Gasteiger partial charge in [0.05, 0.1) is 17.4 Å². The fraction of sp³-hybridized carbons (Fsp3) is 0.125. The summed E-state index contributed by atoms with van der Waals surface area (Å²) in [7, 11) is 0. The Labute approximate surface area is 142 Å². The van der Waals surface area contributed by atoms with E-state index >= 15 is 0 Å². The normalized spacial score (nSPS) is 11.5. The van der Waals surface area contributed by atoms with Crippen LogP contribution in [0.2, 0.25) is 0 Å². The van der Waals surface area contributed by atoms with Gasteiger partial charge < -0.3 is 20.1 Å². The predicted molar refractivity (Wildman–Crippen MR) is 88.2 cm³/mol. The van der Waals surface area contributed by atoms with Crippen LogP contribution < -0.4 is 10.2 Å². The number of para-hydroxylation sites is 1. The minimum Gasteiger partial charge on any atom is -0.494 e. The van der Waals surface area contributed by atoms with Crippen LogP contribution in [0.15, 0.2) is 59.6 Å². The number of aromatic nitrogens is 3. The van der Waals surface area contributed by atoms with Crippen LogP contribution in [0.1, 0.15) is 6.92 Å². The molecule has 25 heavy (non-hydrogen) atoms. The lowest BCUT2D eigenvalue weighted by Crippen LogP contribution is -2.21. The van der Waals surface area contributed by atoms with Gasteiger partial charge in [-0.05, 0) is 53.0 Å². The number of nitrogens with zero attached hydrogens (tertiary/aromatic N) is 5. The molecule has 0 unspecified atom stereocenters. The van der Waals surface area contributed by atoms with Gasteiger partial charge in [-0.2, -0.15) is 0 Å². The Morgan fingerprint density at radius 2 is 1.88 bits per heavy atom. The molecule has 0 saturated heterocycles. The van der Waals surface area contributed by atoms with Gasteiger partial charge in [-0.1, -0.05) is 23.0 Å². The Balaban J connectivity index is 2.11. The first kappa shape index (κ1) is 16.2. The first-order valence-corrected chi connectivity index (χ1v) is 7.49. The summed E-state index contributed by atoms with van der Waals surface area (Å²) >= 11 is 0. The smallest absolute Gasteiger partial charge is 0.438 e. The molecular weight excluding hydrogens is 326 g/mol. The van der Waals surface area contributed by atoms with E-state index in [0.717, 1.165) is 4.80 Å². The average Bonchev–Trinajstić information content (AvgIpc) is 2.95. The predicted octanol–water partition coefficient (Wildman–Crippen LogP) is 2.45. The zero-order chi connectivity index (χ0) is 17.8. The van der Waals surface area contributed by atoms with Crippen molar-refractivity contribution >= 4 is 11.5 Å². The summed E-state index contributed by atoms with van der Waals surface area (Å²) in [6.45, 7) is 2.40. The summed E-state index contributed by atoms with van der Waals surface area (Å²) < 4.78 is 5.34. The highest BCUT2D eigenvalue weighted by molar-refractivity contribution is 5.42. The molecule has 3 rings (SSSR count). The Morgan fingerprint density at radius 3 is 2.48 bits per heavy atom. The summed E-state index contributed by atoms with van der Waals surface area (Å²) in [6.07, 6.45) is 0. The number of benzene rings is 2. The molecular formula is C16H15N5O4. The molecule has 2 aromatic carbocycles. The number of hydrogen-bond acceptors (Lipinski definition) is 6. The van der Waals surface area contributed by atoms with E-state index in [0.29, 0.717) is 28.6 Å². The van der Waals surface area contributed by atoms with Crippen molar-refractivity contribution in [3.05, 3.63) is 70.2 Å². The zero-order valence-electron chi connectivity index (χ0n) is 13.3. The summed E-state index contributed by atoms with van der Waals surface area (Å²) in [5.74, 6) is 0.105. The maximum Gasteiger partial charge on any atom is 0.438 e. The Hall–Kier alpha value is -3.62. The second-order valence-corrected chi connectivity index (χ2v) is 4.96. The van der Waals surface area contributed by atoms with Crippen molar-refractivity contribution < 1.29 is 14.9 Å². The second kappa shape index (κ2) is 6.87. The van der Waals surface area contributed by atoms with Gasteiger partial charge in [0.25, 0.3) is 5.49 Å². The molecule has 0 bridgehead atoms. The van der Waals surface area contributed by atoms with Crippen molar-refractivity contribution in [2.24, 2.45) is 4.99 Å². The highest BCUT2D eigenvalue weighted by Gasteiger charge is 2.24. The molecule has 0 saturated carbocycles. The molecule has 0 atom stereocenters. The van der Waals surface area contributed by atoms with E-state index in [2.05, 4.69) is 10.1 Å². The summed E-state index contributed by atoms with van der Waals surface area (Å²) in [6, 6.07) is 15.2. The number of ether oxygens (including phenoxy) is 1. The Bertz CT molecular complexity index is 945. The van der Waals surface area contributed by atoms with Crippen LogP contribution in [0.3, 0.4) is 0 Å². The van der Waals surface area contributed by atoms with Gasteiger partial charge in [0.15, 0.2) is 0 Å². The molecule has 3 aromatic rings. The average molecular weight is 341 g/mol. The van der Waals surface area contributed by atoms with Gasteiger partial charge in [-0.3, -0.25) is 0 Å². The fourth-order valence-corrected chi connectivity index (χ4v) is 2.20. The van der Waals surface area contributed by atoms with E-state index < -0.39 is 10.7 Å². The summed E-state index contributed by atoms with van der Waals surface area (Å²) in [4.78, 5) is 16.3. The molecule has 0 aliphatic heterocycles. The minimum atomic E-state index is -0.695. The molecule has 1 heterocycles. The molecule has 9 nitrogen and oxygen atoms in total. The molecule has 0 amide bonds. The van der Waals surface area contributed by atoms with E-state index in [4.69, 9.17) is 4.74 Å². The molecule has 1 N–H and O–H groups in total. The van der Waals surface area contributed by atoms with Crippen molar-refractivity contribution in [1.29, 1.82) is 0 Å². The largest absolute Gasteiger partial charge is 0.494 e. The number of nitro groups is 1. The van der Waals surface area contributed by atoms with Crippen molar-refractivity contribution in [2.45, 2.75) is 6.92 Å². The van der Waals surface area contributed by atoms with Crippen LogP contribution in [0.25, 0.3) is 5.69 Å². The molecule has 9 heteroatoms. The number of hydrogen-bond donors (Lipinski definition) is 1. The van der Waals surface area contributed by atoms with Crippen molar-refractivity contribution in [3.63, 3.8) is 0 Å². The molecule has 0 fully saturated rings. The van der Waals surface area contributed by atoms with E-state index in [1.54, 1.807) is 54.6 Å². The van der Waals surface area contributed by atoms with E-state index in [-0.39, 0.29) is 5.49 Å². The third-order valence-electron chi connectivity index (χ3n) is 3.30. The zero-order valence-corrected chi connectivity index (χ0v) is 13.3. The SMILES string of the molecule is CCOc1ccc(N=c2c([N+](=O)[O-])nn(-c3ccccc3)n2O)cc1. The highest BCUT2D eigenvalue weighted by Crippen LogP contribution is 2.18. The maximum absolute atomic E-state index is 11.3. The molecule has 0 aliphatic carbocycles. The lowest BCUT2D eigenvalue weighted by Gasteiger charge is -2.02. The molecule has 0 aliphatic rings. The van der Waals surface area contributed by atoms with Crippen LogP contribution in [-0.4, -0.2) is 31.5 Å². The molecule has 128 valence electrons. The third kappa shape index (κ3) is 3.34. The molecule has 1 aromatic heterocycles. The fourth-order valence-electron chi connectivity index (χ4n) is 2.20. The van der Waals surface area contributed by atoms with E-state index in [1.165, 1.54) is 0 Å². The van der Waals surface area contributed by atoms with Gasteiger partial charge in [0, 0.05) is 0 Å². The second-order valence-electron chi connectivity index (χ2n) is 4.96. The lowest BCUT2D eigenvalue weighted by atomic mass is 10.3. The van der Waals surface area contributed by atoms with Gasteiger partial charge >= 0.3 is 5.82 Å². The van der Waals surface area contributed by atoms with Crippen LogP contribution in [0.5, 0.6) is 5.75 Å². The van der Waals surface area contributed by atoms with Crippen molar-refractivity contribution in [3.8, 4) is 11.4 Å². The lowest BCUT2D eigenvalue weighted by molar-refractivity contribution is -0.391. The monoisotopic (exact) mass is 341 g/mol. The standard InChI is InChI=1S/C16H15N5O4/c1-2-25-14-10-8-12(9-11-14)17-15-16(21(23)24)18-19(20(15)22)13-6-4-3-5-7-13/h3-11,22H,2H2,1H3. The van der Waals surface area contributed by atoms with Crippen LogP contribution in [0.4, 0.5) is 11.5 Å². The first-order chi connectivity index (χ1) is 12.1. The van der Waals surface area contributed by atoms with Gasteiger partial charge in [-0.25, -0.2) is 4.99 Å². The van der Waals surface area contributed by atoms with Crippen LogP contribution >= 0.6 is 0 Å². The first-order valence-electron chi connectivity index (χ1n) is 7.49. The minimum absolute atomic E-state index is 0.280. The van der Waals surface area contributed by atoms with Gasteiger partial charge in [0.2, 0.25) is 0 Å². The van der Waals surface area contributed by atoms with E-state index in [1.807, 2.05) is 6.92 Å². The number of rotatable bonds is 5. The van der Waals surface area contributed by atoms with Crippen LogP contribution in [-0.2, 0) is 0 Å². The van der Waals surface area contributed by atoms with Crippen LogP contribution in [0, 0.1) is 10.1 Å². The Kier molecular flexibility index (Phi) is 4.46. The third-order valence-corrected chi connectivity index (χ3v) is 3.30. The topological polar surface area (TPSA) is 108 Å². The molecule has 0 spiro atoms. The summed E-state index contributed by atoms with van der Waals surface area (Å²) in [5, 5.41) is 25.4. The van der Waals surface area contributed by atoms with Crippen molar-refractivity contribution in [1.82, 2.24) is 14.7 Å². The van der Waals surface area contributed by atoms with E-state index in [9.17, 15) is 15.3 Å².